The number of nitrogen functional groups attached to an aromatic ring is 1. The second-order valence-corrected chi connectivity index (χ2v) is 6.22. The molecule has 24 heavy (non-hydrogen) atoms. The van der Waals surface area contributed by atoms with Crippen molar-refractivity contribution < 1.29 is 4.74 Å². The fraction of sp³-hybridized carbons (Fsp3) is 0.250. The van der Waals surface area contributed by atoms with Crippen LogP contribution in [0, 0.1) is 13.8 Å². The summed E-state index contributed by atoms with van der Waals surface area (Å²) in [4.78, 5) is 12.5. The summed E-state index contributed by atoms with van der Waals surface area (Å²) >= 11 is 1.53. The minimum atomic E-state index is 0.223. The summed E-state index contributed by atoms with van der Waals surface area (Å²) in [6.45, 7) is 4.47. The highest BCUT2D eigenvalue weighted by atomic mass is 32.2. The Balaban J connectivity index is 1.56. The van der Waals surface area contributed by atoms with Crippen LogP contribution in [0.25, 0.3) is 5.82 Å². The number of hydrogen-bond donors (Lipinski definition) is 1. The molecule has 0 saturated heterocycles. The number of ether oxygens (including phenoxy) is 1. The maximum atomic E-state index is 5.76. The van der Waals surface area contributed by atoms with Gasteiger partial charge in [-0.2, -0.15) is 4.98 Å². The number of nitrogens with zero attached hydrogens (tertiary/aromatic N) is 5. The van der Waals surface area contributed by atoms with Crippen LogP contribution in [-0.4, -0.2) is 37.1 Å². The molecule has 8 heteroatoms. The quantitative estimate of drug-likeness (QED) is 0.543. The van der Waals surface area contributed by atoms with E-state index in [9.17, 15) is 0 Å². The molecule has 3 aromatic rings. The van der Waals surface area contributed by atoms with Crippen LogP contribution < -0.4 is 10.5 Å². The van der Waals surface area contributed by atoms with Gasteiger partial charge < -0.3 is 10.5 Å². The van der Waals surface area contributed by atoms with Gasteiger partial charge in [0.25, 0.3) is 0 Å². The molecule has 1 aromatic carbocycles. The summed E-state index contributed by atoms with van der Waals surface area (Å²) in [5.41, 5.74) is 7.58. The highest BCUT2D eigenvalue weighted by molar-refractivity contribution is 7.99. The predicted octanol–water partition coefficient (Wildman–Crippen LogP) is 2.43. The van der Waals surface area contributed by atoms with Crippen LogP contribution in [0.15, 0.2) is 41.8 Å². The SMILES string of the molecule is Cc1cc(-n2cnc(SCCOc3ccccc3C)n2)nc(N)n1. The van der Waals surface area contributed by atoms with Crippen LogP contribution in [-0.2, 0) is 0 Å². The summed E-state index contributed by atoms with van der Waals surface area (Å²) in [7, 11) is 0. The summed E-state index contributed by atoms with van der Waals surface area (Å²) < 4.78 is 7.35. The largest absolute Gasteiger partial charge is 0.492 e. The van der Waals surface area contributed by atoms with E-state index in [1.807, 2.05) is 38.1 Å². The van der Waals surface area contributed by atoms with Crippen LogP contribution >= 0.6 is 11.8 Å². The third kappa shape index (κ3) is 4.02. The Kier molecular flexibility index (Phi) is 4.95. The fourth-order valence-corrected chi connectivity index (χ4v) is 2.74. The van der Waals surface area contributed by atoms with E-state index in [0.717, 1.165) is 22.8 Å². The zero-order valence-corrected chi connectivity index (χ0v) is 14.3. The Morgan fingerprint density at radius 1 is 1.21 bits per heavy atom. The lowest BCUT2D eigenvalue weighted by molar-refractivity contribution is 0.341. The van der Waals surface area contributed by atoms with Gasteiger partial charge in [-0.15, -0.1) is 5.10 Å². The second-order valence-electron chi connectivity index (χ2n) is 5.16. The first-order chi connectivity index (χ1) is 11.6. The molecule has 124 valence electrons. The van der Waals surface area contributed by atoms with Gasteiger partial charge in [-0.05, 0) is 25.5 Å². The monoisotopic (exact) mass is 342 g/mol. The molecule has 2 N–H and O–H groups in total. The minimum absolute atomic E-state index is 0.223. The molecule has 0 amide bonds. The molecule has 0 unspecified atom stereocenters. The molecule has 0 atom stereocenters. The molecule has 0 radical (unpaired) electrons. The number of nitrogens with two attached hydrogens (primary N) is 1. The van der Waals surface area contributed by atoms with Gasteiger partial charge >= 0.3 is 0 Å². The molecule has 3 rings (SSSR count). The number of aryl methyl sites for hydroxylation is 2. The van der Waals surface area contributed by atoms with E-state index in [1.54, 1.807) is 17.1 Å². The molecule has 0 fully saturated rings. The molecule has 0 aliphatic rings. The fourth-order valence-electron chi connectivity index (χ4n) is 2.12. The first-order valence-corrected chi connectivity index (χ1v) is 8.45. The van der Waals surface area contributed by atoms with Crippen molar-refractivity contribution >= 4 is 17.7 Å². The van der Waals surface area contributed by atoms with Crippen molar-refractivity contribution in [2.45, 2.75) is 19.0 Å². The molecule has 0 bridgehead atoms. The van der Waals surface area contributed by atoms with Gasteiger partial charge in [0, 0.05) is 17.5 Å². The van der Waals surface area contributed by atoms with Crippen LogP contribution in [0.1, 0.15) is 11.3 Å². The molecule has 2 heterocycles. The lowest BCUT2D eigenvalue weighted by Crippen LogP contribution is -2.04. The van der Waals surface area contributed by atoms with E-state index in [1.165, 1.54) is 11.8 Å². The Hall–Kier alpha value is -2.61. The standard InChI is InChI=1S/C16H18N6OS/c1-11-5-3-4-6-13(11)23-7-8-24-16-18-10-22(21-16)14-9-12(2)19-15(17)20-14/h3-6,9-10H,7-8H2,1-2H3,(H2,17,19,20). The summed E-state index contributed by atoms with van der Waals surface area (Å²) in [5, 5.41) is 5.06. The molecule has 0 saturated carbocycles. The Labute approximate surface area is 144 Å². The van der Waals surface area contributed by atoms with Gasteiger partial charge in [-0.3, -0.25) is 0 Å². The normalized spacial score (nSPS) is 10.8. The number of para-hydroxylation sites is 1. The number of thioether (sulfide) groups is 1. The molecule has 0 aliphatic heterocycles. The number of anilines is 1. The Morgan fingerprint density at radius 2 is 2.04 bits per heavy atom. The average Bonchev–Trinajstić information content (AvgIpc) is 3.01. The summed E-state index contributed by atoms with van der Waals surface area (Å²) in [5.74, 6) is 2.49. The molecule has 0 spiro atoms. The van der Waals surface area contributed by atoms with Gasteiger partial charge in [0.15, 0.2) is 5.82 Å². The van der Waals surface area contributed by atoms with Crippen molar-refractivity contribution in [3.63, 3.8) is 0 Å². The zero-order chi connectivity index (χ0) is 16.9. The lowest BCUT2D eigenvalue weighted by atomic mass is 10.2. The van der Waals surface area contributed by atoms with Crippen LogP contribution in [0.2, 0.25) is 0 Å². The Bertz CT molecular complexity index is 815. The molecule has 2 aromatic heterocycles. The van der Waals surface area contributed by atoms with Gasteiger partial charge in [0.2, 0.25) is 11.1 Å². The van der Waals surface area contributed by atoms with Crippen molar-refractivity contribution in [3.05, 3.63) is 47.9 Å². The van der Waals surface area contributed by atoms with Gasteiger partial charge in [0.05, 0.1) is 6.61 Å². The van der Waals surface area contributed by atoms with E-state index in [4.69, 9.17) is 10.5 Å². The van der Waals surface area contributed by atoms with Crippen LogP contribution in [0.4, 0.5) is 5.95 Å². The first kappa shape index (κ1) is 16.3. The summed E-state index contributed by atoms with van der Waals surface area (Å²) in [6.07, 6.45) is 1.62. The van der Waals surface area contributed by atoms with Crippen molar-refractivity contribution in [3.8, 4) is 11.6 Å². The highest BCUT2D eigenvalue weighted by Crippen LogP contribution is 2.18. The molecule has 7 nitrogen and oxygen atoms in total. The predicted molar refractivity (Wildman–Crippen MR) is 93.5 cm³/mol. The first-order valence-electron chi connectivity index (χ1n) is 7.46. The third-order valence-electron chi connectivity index (χ3n) is 3.23. The van der Waals surface area contributed by atoms with Crippen molar-refractivity contribution in [2.75, 3.05) is 18.1 Å². The van der Waals surface area contributed by atoms with Gasteiger partial charge in [0.1, 0.15) is 12.1 Å². The van der Waals surface area contributed by atoms with Crippen molar-refractivity contribution in [2.24, 2.45) is 0 Å². The van der Waals surface area contributed by atoms with Crippen molar-refractivity contribution in [1.82, 2.24) is 24.7 Å². The second kappa shape index (κ2) is 7.31. The van der Waals surface area contributed by atoms with E-state index in [-0.39, 0.29) is 5.95 Å². The number of hydrogen-bond acceptors (Lipinski definition) is 7. The van der Waals surface area contributed by atoms with E-state index < -0.39 is 0 Å². The van der Waals surface area contributed by atoms with Crippen LogP contribution in [0.5, 0.6) is 5.75 Å². The molecular formula is C16H18N6OS. The van der Waals surface area contributed by atoms with Crippen molar-refractivity contribution in [1.29, 1.82) is 0 Å². The third-order valence-corrected chi connectivity index (χ3v) is 4.05. The number of rotatable bonds is 6. The maximum absolute atomic E-state index is 5.76. The number of aromatic nitrogens is 5. The average molecular weight is 342 g/mol. The Morgan fingerprint density at radius 3 is 2.83 bits per heavy atom. The number of benzene rings is 1. The minimum Gasteiger partial charge on any atom is -0.492 e. The maximum Gasteiger partial charge on any atom is 0.222 e. The topological polar surface area (TPSA) is 91.7 Å². The van der Waals surface area contributed by atoms with E-state index >= 15 is 0 Å². The highest BCUT2D eigenvalue weighted by Gasteiger charge is 2.07. The van der Waals surface area contributed by atoms with Gasteiger partial charge in [-0.25, -0.2) is 14.6 Å². The van der Waals surface area contributed by atoms with Gasteiger partial charge in [-0.1, -0.05) is 30.0 Å². The smallest absolute Gasteiger partial charge is 0.222 e. The molecule has 0 aliphatic carbocycles. The van der Waals surface area contributed by atoms with E-state index in [2.05, 4.69) is 20.1 Å². The molecular weight excluding hydrogens is 324 g/mol. The van der Waals surface area contributed by atoms with E-state index in [0.29, 0.717) is 17.6 Å². The zero-order valence-electron chi connectivity index (χ0n) is 13.5. The van der Waals surface area contributed by atoms with Crippen LogP contribution in [0.3, 0.4) is 0 Å². The lowest BCUT2D eigenvalue weighted by Gasteiger charge is -2.07. The summed E-state index contributed by atoms with van der Waals surface area (Å²) in [6, 6.07) is 9.76.